The average molecular weight is 427 g/mol. The minimum Gasteiger partial charge on any atom is -0.497 e. The van der Waals surface area contributed by atoms with Gasteiger partial charge >= 0.3 is 0 Å². The fraction of sp³-hybridized carbons (Fsp3) is 0.609. The molecule has 1 aliphatic heterocycles. The van der Waals surface area contributed by atoms with Crippen LogP contribution in [0.1, 0.15) is 37.5 Å². The highest BCUT2D eigenvalue weighted by Crippen LogP contribution is 2.52. The van der Waals surface area contributed by atoms with Gasteiger partial charge in [-0.15, -0.1) is 10.2 Å². The summed E-state index contributed by atoms with van der Waals surface area (Å²) >= 11 is 0. The van der Waals surface area contributed by atoms with Gasteiger partial charge in [0, 0.05) is 37.6 Å². The van der Waals surface area contributed by atoms with Gasteiger partial charge in [-0.2, -0.15) is 0 Å². The van der Waals surface area contributed by atoms with Crippen molar-refractivity contribution in [1.29, 1.82) is 0 Å². The van der Waals surface area contributed by atoms with Gasteiger partial charge in [-0.1, -0.05) is 26.0 Å². The lowest BCUT2D eigenvalue weighted by molar-refractivity contribution is -0.106. The molecule has 4 rings (SSSR count). The molecule has 2 aromatic rings. The lowest BCUT2D eigenvalue weighted by Gasteiger charge is -2.54. The average Bonchev–Trinajstić information content (AvgIpc) is 3.36. The topological polar surface area (TPSA) is 85.6 Å². The fourth-order valence-corrected chi connectivity index (χ4v) is 4.77. The van der Waals surface area contributed by atoms with Crippen LogP contribution in [-0.2, 0) is 24.8 Å². The number of ether oxygens (including phenoxy) is 2. The van der Waals surface area contributed by atoms with Gasteiger partial charge in [0.05, 0.1) is 13.2 Å². The first kappa shape index (κ1) is 21.6. The summed E-state index contributed by atoms with van der Waals surface area (Å²) in [7, 11) is 3.66. The van der Waals surface area contributed by atoms with Gasteiger partial charge in [-0.3, -0.25) is 0 Å². The van der Waals surface area contributed by atoms with Crippen molar-refractivity contribution in [2.45, 2.75) is 52.3 Å². The number of rotatable bonds is 7. The molecule has 0 radical (unpaired) electrons. The third kappa shape index (κ3) is 4.39. The molecule has 0 spiro atoms. The Labute approximate surface area is 184 Å². The van der Waals surface area contributed by atoms with E-state index in [1.807, 2.05) is 30.7 Å². The van der Waals surface area contributed by atoms with Crippen LogP contribution in [0.5, 0.6) is 5.75 Å². The number of aryl methyl sites for hydroxylation is 1. The second-order valence-corrected chi connectivity index (χ2v) is 9.10. The van der Waals surface area contributed by atoms with Crippen LogP contribution < -0.4 is 15.4 Å². The number of aromatic nitrogens is 3. The molecule has 2 heterocycles. The number of hydrogen-bond donors (Lipinski definition) is 2. The van der Waals surface area contributed by atoms with E-state index in [2.05, 4.69) is 46.8 Å². The summed E-state index contributed by atoms with van der Waals surface area (Å²) in [6.07, 6.45) is 2.34. The molecule has 168 valence electrons. The van der Waals surface area contributed by atoms with Crippen molar-refractivity contribution in [3.05, 3.63) is 41.5 Å². The van der Waals surface area contributed by atoms with E-state index < -0.39 is 0 Å². The number of nitrogens with zero attached hydrogens (tertiary/aromatic N) is 4. The number of hydrogen-bond acceptors (Lipinski definition) is 5. The van der Waals surface area contributed by atoms with Gasteiger partial charge in [-0.25, -0.2) is 4.99 Å². The van der Waals surface area contributed by atoms with E-state index in [0.717, 1.165) is 49.4 Å². The first-order chi connectivity index (χ1) is 14.9. The summed E-state index contributed by atoms with van der Waals surface area (Å²) in [6.45, 7) is 8.62. The minimum absolute atomic E-state index is 0.0843. The molecule has 2 N–H and O–H groups in total. The summed E-state index contributed by atoms with van der Waals surface area (Å²) in [6, 6.07) is 8.53. The van der Waals surface area contributed by atoms with E-state index in [0.29, 0.717) is 24.6 Å². The number of fused-ring (bicyclic) bond motifs is 1. The SMILES string of the molecule is COc1ccc(CCNC(=NCc2nnc(C)n2C)NC2C3CCOC3C2(C)C)cc1. The number of benzene rings is 1. The Kier molecular flexibility index (Phi) is 6.18. The molecular formula is C23H34N6O2. The van der Waals surface area contributed by atoms with Gasteiger partial charge in [-0.05, 0) is 37.5 Å². The van der Waals surface area contributed by atoms with Crippen molar-refractivity contribution >= 4 is 5.96 Å². The maximum Gasteiger partial charge on any atom is 0.191 e. The van der Waals surface area contributed by atoms with Crippen LogP contribution in [-0.4, -0.2) is 53.1 Å². The zero-order valence-corrected chi connectivity index (χ0v) is 19.2. The highest BCUT2D eigenvalue weighted by Gasteiger charge is 2.59. The number of guanidine groups is 1. The monoisotopic (exact) mass is 426 g/mol. The molecule has 0 amide bonds. The quantitative estimate of drug-likeness (QED) is 0.522. The lowest BCUT2D eigenvalue weighted by Crippen LogP contribution is -2.68. The number of nitrogens with one attached hydrogen (secondary N) is 2. The normalized spacial score (nSPS) is 24.4. The van der Waals surface area contributed by atoms with Crippen molar-refractivity contribution in [1.82, 2.24) is 25.4 Å². The standard InChI is InChI=1S/C23H34N6O2/c1-15-27-28-19(29(15)4)14-25-22(24-12-10-16-6-8-17(30-5)9-7-16)26-20-18-11-13-31-21(18)23(20,2)3/h6-9,18,20-21H,10-14H2,1-5H3,(H2,24,25,26). The van der Waals surface area contributed by atoms with Crippen LogP contribution >= 0.6 is 0 Å². The third-order valence-corrected chi connectivity index (χ3v) is 6.82. The lowest BCUT2D eigenvalue weighted by atomic mass is 9.57. The number of aliphatic imine (C=N–C) groups is 1. The zero-order valence-electron chi connectivity index (χ0n) is 19.2. The van der Waals surface area contributed by atoms with Crippen LogP contribution in [0, 0.1) is 18.3 Å². The molecule has 3 unspecified atom stereocenters. The molecule has 8 nitrogen and oxygen atoms in total. The van der Waals surface area contributed by atoms with E-state index >= 15 is 0 Å². The summed E-state index contributed by atoms with van der Waals surface area (Å²) in [5.41, 5.74) is 1.34. The van der Waals surface area contributed by atoms with Crippen molar-refractivity contribution in [3.8, 4) is 5.75 Å². The number of methoxy groups -OCH3 is 1. The second-order valence-electron chi connectivity index (χ2n) is 9.10. The van der Waals surface area contributed by atoms with Crippen LogP contribution in [0.2, 0.25) is 0 Å². The molecule has 1 aromatic heterocycles. The smallest absolute Gasteiger partial charge is 0.191 e. The summed E-state index contributed by atoms with van der Waals surface area (Å²) in [4.78, 5) is 4.84. The van der Waals surface area contributed by atoms with Gasteiger partial charge in [0.1, 0.15) is 18.1 Å². The van der Waals surface area contributed by atoms with Gasteiger partial charge < -0.3 is 24.7 Å². The van der Waals surface area contributed by atoms with Gasteiger partial charge in [0.25, 0.3) is 0 Å². The maximum atomic E-state index is 5.95. The molecular weight excluding hydrogens is 392 g/mol. The molecule has 0 bridgehead atoms. The molecule has 31 heavy (non-hydrogen) atoms. The van der Waals surface area contributed by atoms with Crippen LogP contribution in [0.15, 0.2) is 29.3 Å². The zero-order chi connectivity index (χ0) is 22.0. The van der Waals surface area contributed by atoms with E-state index in [9.17, 15) is 0 Å². The highest BCUT2D eigenvalue weighted by molar-refractivity contribution is 5.80. The van der Waals surface area contributed by atoms with Crippen molar-refractivity contribution in [3.63, 3.8) is 0 Å². The van der Waals surface area contributed by atoms with Crippen molar-refractivity contribution in [2.75, 3.05) is 20.3 Å². The largest absolute Gasteiger partial charge is 0.497 e. The molecule has 2 fully saturated rings. The van der Waals surface area contributed by atoms with E-state index in [1.54, 1.807) is 7.11 Å². The van der Waals surface area contributed by atoms with Crippen LogP contribution in [0.3, 0.4) is 0 Å². The Morgan fingerprint density at radius 1 is 1.29 bits per heavy atom. The summed E-state index contributed by atoms with van der Waals surface area (Å²) in [5.74, 6) is 3.97. The molecule has 1 aromatic carbocycles. The van der Waals surface area contributed by atoms with Crippen molar-refractivity contribution < 1.29 is 9.47 Å². The Morgan fingerprint density at radius 3 is 2.74 bits per heavy atom. The van der Waals surface area contributed by atoms with E-state index in [1.165, 1.54) is 5.56 Å². The molecule has 1 saturated carbocycles. The Morgan fingerprint density at radius 2 is 2.06 bits per heavy atom. The van der Waals surface area contributed by atoms with Gasteiger partial charge in [0.15, 0.2) is 11.8 Å². The van der Waals surface area contributed by atoms with E-state index in [-0.39, 0.29) is 5.41 Å². The van der Waals surface area contributed by atoms with Crippen molar-refractivity contribution in [2.24, 2.45) is 23.4 Å². The van der Waals surface area contributed by atoms with E-state index in [4.69, 9.17) is 14.5 Å². The first-order valence-corrected chi connectivity index (χ1v) is 11.0. The molecule has 1 saturated heterocycles. The maximum absolute atomic E-state index is 5.95. The highest BCUT2D eigenvalue weighted by atomic mass is 16.5. The molecule has 3 atom stereocenters. The molecule has 1 aliphatic carbocycles. The first-order valence-electron chi connectivity index (χ1n) is 11.0. The van der Waals surface area contributed by atoms with Gasteiger partial charge in [0.2, 0.25) is 0 Å². The van der Waals surface area contributed by atoms with Crippen LogP contribution in [0.25, 0.3) is 0 Å². The fourth-order valence-electron chi connectivity index (χ4n) is 4.77. The third-order valence-electron chi connectivity index (χ3n) is 6.82. The summed E-state index contributed by atoms with van der Waals surface area (Å²) < 4.78 is 13.2. The Hall–Kier alpha value is -2.61. The predicted octanol–water partition coefficient (Wildman–Crippen LogP) is 2.22. The Bertz CT molecular complexity index is 921. The van der Waals surface area contributed by atoms with Crippen LogP contribution in [0.4, 0.5) is 0 Å². The molecule has 8 heteroatoms. The second kappa shape index (κ2) is 8.86. The molecule has 2 aliphatic rings. The Balaban J connectivity index is 1.42. The summed E-state index contributed by atoms with van der Waals surface area (Å²) in [5, 5.41) is 15.6. The predicted molar refractivity (Wildman–Crippen MR) is 120 cm³/mol. The minimum atomic E-state index is 0.0843.